The molecule has 0 aliphatic rings. The van der Waals surface area contributed by atoms with E-state index < -0.39 is 21.7 Å². The number of fused-ring (bicyclic) bond motifs is 1. The monoisotopic (exact) mass is 439 g/mol. The summed E-state index contributed by atoms with van der Waals surface area (Å²) < 4.78 is 42.2. The Bertz CT molecular complexity index is 1360. The molecule has 4 aromatic carbocycles. The maximum Gasteiger partial charge on any atom is 0.267 e. The van der Waals surface area contributed by atoms with Crippen molar-refractivity contribution in [2.45, 2.75) is 4.90 Å². The molecule has 30 heavy (non-hydrogen) atoms. The van der Waals surface area contributed by atoms with Crippen LogP contribution in [0.4, 0.5) is 4.39 Å². The maximum atomic E-state index is 14.6. The predicted molar refractivity (Wildman–Crippen MR) is 115 cm³/mol. The van der Waals surface area contributed by atoms with E-state index in [0.717, 1.165) is 0 Å². The standard InChI is InChI=1S/C23H15ClFNO3S/c24-18-11-8-15(9-12-18)17-10-13-20(21(25)14-17)23(27)26-30(28,29)22-7-3-5-16-4-1-2-6-19(16)22/h1-14H,(H,26,27). The molecule has 0 aliphatic heterocycles. The van der Waals surface area contributed by atoms with Crippen molar-refractivity contribution in [3.8, 4) is 11.1 Å². The van der Waals surface area contributed by atoms with Crippen LogP contribution in [0.25, 0.3) is 21.9 Å². The first-order valence-electron chi connectivity index (χ1n) is 8.95. The van der Waals surface area contributed by atoms with Crippen LogP contribution in [0.1, 0.15) is 10.4 Å². The molecule has 0 saturated carbocycles. The first-order chi connectivity index (χ1) is 14.3. The fraction of sp³-hybridized carbons (Fsp3) is 0. The van der Waals surface area contributed by atoms with Gasteiger partial charge in [0.1, 0.15) is 5.82 Å². The Balaban J connectivity index is 1.64. The summed E-state index contributed by atoms with van der Waals surface area (Å²) in [4.78, 5) is 12.5. The molecule has 0 radical (unpaired) electrons. The van der Waals surface area contributed by atoms with Gasteiger partial charge in [0.05, 0.1) is 10.5 Å². The van der Waals surface area contributed by atoms with Crippen molar-refractivity contribution >= 4 is 38.3 Å². The summed E-state index contributed by atoms with van der Waals surface area (Å²) in [6.07, 6.45) is 0. The van der Waals surface area contributed by atoms with Crippen LogP contribution in [0.15, 0.2) is 89.8 Å². The molecule has 0 spiro atoms. The van der Waals surface area contributed by atoms with Gasteiger partial charge in [-0.2, -0.15) is 0 Å². The molecule has 4 nitrogen and oxygen atoms in total. The smallest absolute Gasteiger partial charge is 0.267 e. The Hall–Kier alpha value is -3.22. The molecule has 4 aromatic rings. The van der Waals surface area contributed by atoms with Gasteiger partial charge in [0.2, 0.25) is 0 Å². The van der Waals surface area contributed by atoms with Gasteiger partial charge in [0, 0.05) is 10.4 Å². The summed E-state index contributed by atoms with van der Waals surface area (Å²) in [6.45, 7) is 0. The largest absolute Gasteiger partial charge is 0.268 e. The van der Waals surface area contributed by atoms with E-state index >= 15 is 0 Å². The van der Waals surface area contributed by atoms with Crippen LogP contribution in [0.3, 0.4) is 0 Å². The van der Waals surface area contributed by atoms with Crippen molar-refractivity contribution in [1.29, 1.82) is 0 Å². The summed E-state index contributed by atoms with van der Waals surface area (Å²) >= 11 is 5.86. The molecule has 7 heteroatoms. The zero-order valence-electron chi connectivity index (χ0n) is 15.5. The van der Waals surface area contributed by atoms with E-state index in [1.165, 1.54) is 18.2 Å². The van der Waals surface area contributed by atoms with Crippen molar-refractivity contribution in [3.05, 3.63) is 101 Å². The molecular weight excluding hydrogens is 425 g/mol. The predicted octanol–water partition coefficient (Wildman–Crippen LogP) is 5.42. The van der Waals surface area contributed by atoms with E-state index in [-0.39, 0.29) is 10.5 Å². The summed E-state index contributed by atoms with van der Waals surface area (Å²) in [5, 5.41) is 1.74. The second-order valence-electron chi connectivity index (χ2n) is 6.61. The molecule has 0 bridgehead atoms. The molecule has 0 aromatic heterocycles. The van der Waals surface area contributed by atoms with Gasteiger partial charge in [-0.25, -0.2) is 17.5 Å². The fourth-order valence-electron chi connectivity index (χ4n) is 3.18. The minimum Gasteiger partial charge on any atom is -0.268 e. The number of rotatable bonds is 4. The van der Waals surface area contributed by atoms with Crippen LogP contribution in [-0.2, 0) is 10.0 Å². The van der Waals surface area contributed by atoms with Crippen LogP contribution in [-0.4, -0.2) is 14.3 Å². The van der Waals surface area contributed by atoms with Crippen molar-refractivity contribution < 1.29 is 17.6 Å². The van der Waals surface area contributed by atoms with E-state index in [0.29, 0.717) is 26.9 Å². The second-order valence-corrected chi connectivity index (χ2v) is 8.70. The first kappa shape index (κ1) is 20.1. The first-order valence-corrected chi connectivity index (χ1v) is 10.8. The van der Waals surface area contributed by atoms with Crippen molar-refractivity contribution in [3.63, 3.8) is 0 Å². The third-order valence-electron chi connectivity index (χ3n) is 4.66. The molecule has 1 N–H and O–H groups in total. The summed E-state index contributed by atoms with van der Waals surface area (Å²) in [6, 6.07) is 22.4. The Labute approximate surface area is 178 Å². The highest BCUT2D eigenvalue weighted by Gasteiger charge is 2.23. The van der Waals surface area contributed by atoms with E-state index in [2.05, 4.69) is 0 Å². The molecule has 1 amide bonds. The van der Waals surface area contributed by atoms with Gasteiger partial charge in [-0.1, -0.05) is 66.2 Å². The number of sulfonamides is 1. The minimum atomic E-state index is -4.20. The lowest BCUT2D eigenvalue weighted by molar-refractivity contribution is 0.0977. The van der Waals surface area contributed by atoms with Crippen LogP contribution in [0.2, 0.25) is 5.02 Å². The van der Waals surface area contributed by atoms with E-state index in [4.69, 9.17) is 11.6 Å². The van der Waals surface area contributed by atoms with Gasteiger partial charge in [0.15, 0.2) is 0 Å². The van der Waals surface area contributed by atoms with Gasteiger partial charge < -0.3 is 0 Å². The van der Waals surface area contributed by atoms with Crippen LogP contribution >= 0.6 is 11.6 Å². The number of carbonyl (C=O) groups excluding carboxylic acids is 1. The van der Waals surface area contributed by atoms with Gasteiger partial charge in [0.25, 0.3) is 15.9 Å². The lowest BCUT2D eigenvalue weighted by Gasteiger charge is -2.11. The van der Waals surface area contributed by atoms with Gasteiger partial charge in [-0.3, -0.25) is 4.79 Å². The Morgan fingerprint density at radius 2 is 1.50 bits per heavy atom. The van der Waals surface area contributed by atoms with Crippen LogP contribution in [0.5, 0.6) is 0 Å². The third-order valence-corrected chi connectivity index (χ3v) is 6.30. The summed E-state index contributed by atoms with van der Waals surface area (Å²) in [5.41, 5.74) is 0.891. The molecule has 4 rings (SSSR count). The number of hydrogen-bond acceptors (Lipinski definition) is 3. The average Bonchev–Trinajstić information content (AvgIpc) is 2.73. The molecule has 0 atom stereocenters. The SMILES string of the molecule is O=C(NS(=O)(=O)c1cccc2ccccc12)c1ccc(-c2ccc(Cl)cc2)cc1F. The Kier molecular flexibility index (Phi) is 5.28. The Morgan fingerprint density at radius 3 is 2.23 bits per heavy atom. The molecule has 0 fully saturated rings. The van der Waals surface area contributed by atoms with Gasteiger partial charge in [-0.05, 0) is 46.8 Å². The van der Waals surface area contributed by atoms with Crippen LogP contribution in [0, 0.1) is 5.82 Å². The number of halogens is 2. The molecule has 0 aliphatic carbocycles. The normalized spacial score (nSPS) is 11.4. The number of carbonyl (C=O) groups is 1. The zero-order chi connectivity index (χ0) is 21.3. The van der Waals surface area contributed by atoms with Crippen LogP contribution < -0.4 is 4.72 Å². The highest BCUT2D eigenvalue weighted by molar-refractivity contribution is 7.90. The second kappa shape index (κ2) is 7.89. The Morgan fingerprint density at radius 1 is 0.833 bits per heavy atom. The highest BCUT2D eigenvalue weighted by Crippen LogP contribution is 2.25. The number of hydrogen-bond donors (Lipinski definition) is 1. The molecule has 0 unspecified atom stereocenters. The highest BCUT2D eigenvalue weighted by atomic mass is 35.5. The topological polar surface area (TPSA) is 63.2 Å². The third kappa shape index (κ3) is 3.92. The summed E-state index contributed by atoms with van der Waals surface area (Å²) in [7, 11) is -4.20. The van der Waals surface area contributed by atoms with E-state index in [1.807, 2.05) is 4.72 Å². The van der Waals surface area contributed by atoms with Crippen molar-refractivity contribution in [2.75, 3.05) is 0 Å². The molecule has 150 valence electrons. The number of amides is 1. The summed E-state index contributed by atoms with van der Waals surface area (Å²) in [5.74, 6) is -1.86. The molecule has 0 saturated heterocycles. The quantitative estimate of drug-likeness (QED) is 0.462. The van der Waals surface area contributed by atoms with Crippen molar-refractivity contribution in [1.82, 2.24) is 4.72 Å². The fourth-order valence-corrected chi connectivity index (χ4v) is 4.51. The van der Waals surface area contributed by atoms with E-state index in [1.54, 1.807) is 66.7 Å². The molecule has 0 heterocycles. The average molecular weight is 440 g/mol. The van der Waals surface area contributed by atoms with Gasteiger partial charge >= 0.3 is 0 Å². The van der Waals surface area contributed by atoms with Crippen molar-refractivity contribution in [2.24, 2.45) is 0 Å². The number of benzene rings is 4. The molecular formula is C23H15ClFNO3S. The maximum absolute atomic E-state index is 14.6. The number of nitrogens with one attached hydrogen (secondary N) is 1. The van der Waals surface area contributed by atoms with Gasteiger partial charge in [-0.15, -0.1) is 0 Å². The lowest BCUT2D eigenvalue weighted by atomic mass is 10.0. The lowest BCUT2D eigenvalue weighted by Crippen LogP contribution is -2.31. The minimum absolute atomic E-state index is 0.0489. The zero-order valence-corrected chi connectivity index (χ0v) is 17.0. The van der Waals surface area contributed by atoms with E-state index in [9.17, 15) is 17.6 Å².